The number of anilines is 2. The molecule has 0 bridgehead atoms. The number of aromatic nitrogens is 3. The van der Waals surface area contributed by atoms with Gasteiger partial charge in [-0.1, -0.05) is 11.6 Å². The highest BCUT2D eigenvalue weighted by Gasteiger charge is 2.07. The molecule has 0 saturated carbocycles. The minimum atomic E-state index is 0.174. The van der Waals surface area contributed by atoms with Crippen LogP contribution in [0.2, 0.25) is 5.15 Å². The molecule has 2 heterocycles. The molecule has 16 heavy (non-hydrogen) atoms. The third-order valence-corrected chi connectivity index (χ3v) is 2.80. The zero-order valence-electron chi connectivity index (χ0n) is 8.59. The van der Waals surface area contributed by atoms with Gasteiger partial charge in [0.05, 0.1) is 17.7 Å². The van der Waals surface area contributed by atoms with Crippen molar-refractivity contribution in [1.29, 1.82) is 0 Å². The van der Waals surface area contributed by atoms with Gasteiger partial charge in [-0.2, -0.15) is 4.98 Å². The van der Waals surface area contributed by atoms with Crippen LogP contribution in [-0.4, -0.2) is 22.0 Å². The van der Waals surface area contributed by atoms with E-state index in [-0.39, 0.29) is 5.95 Å². The molecule has 0 spiro atoms. The lowest BCUT2D eigenvalue weighted by Gasteiger charge is -2.16. The predicted octanol–water partition coefficient (Wildman–Crippen LogP) is 1.81. The summed E-state index contributed by atoms with van der Waals surface area (Å²) in [6, 6.07) is 1.67. The SMILES string of the molecule is CN(Cc1cscn1)c1cc(Cl)nc(N)n1. The van der Waals surface area contributed by atoms with Crippen LogP contribution in [0.4, 0.5) is 11.8 Å². The largest absolute Gasteiger partial charge is 0.368 e. The van der Waals surface area contributed by atoms with Crippen LogP contribution >= 0.6 is 22.9 Å². The van der Waals surface area contributed by atoms with E-state index in [4.69, 9.17) is 17.3 Å². The average Bonchev–Trinajstić information content (AvgIpc) is 2.68. The van der Waals surface area contributed by atoms with Gasteiger partial charge in [0.2, 0.25) is 5.95 Å². The van der Waals surface area contributed by atoms with E-state index >= 15 is 0 Å². The Labute approximate surface area is 102 Å². The highest BCUT2D eigenvalue weighted by Crippen LogP contribution is 2.17. The van der Waals surface area contributed by atoms with Gasteiger partial charge in [-0.05, 0) is 0 Å². The van der Waals surface area contributed by atoms with E-state index in [9.17, 15) is 0 Å². The van der Waals surface area contributed by atoms with Gasteiger partial charge >= 0.3 is 0 Å². The standard InChI is InChI=1S/C9H10ClN5S/c1-15(3-6-4-16-5-12-6)8-2-7(10)13-9(11)14-8/h2,4-5H,3H2,1H3,(H2,11,13,14). The highest BCUT2D eigenvalue weighted by molar-refractivity contribution is 7.07. The van der Waals surface area contributed by atoms with Crippen LogP contribution in [0.25, 0.3) is 0 Å². The van der Waals surface area contributed by atoms with Crippen molar-refractivity contribution in [3.63, 3.8) is 0 Å². The second-order valence-electron chi connectivity index (χ2n) is 3.24. The van der Waals surface area contributed by atoms with E-state index in [0.717, 1.165) is 5.69 Å². The lowest BCUT2D eigenvalue weighted by molar-refractivity contribution is 0.871. The van der Waals surface area contributed by atoms with Crippen LogP contribution in [0, 0.1) is 0 Å². The molecule has 0 aromatic carbocycles. The summed E-state index contributed by atoms with van der Waals surface area (Å²) in [5, 5.41) is 2.33. The molecule has 0 aliphatic carbocycles. The smallest absolute Gasteiger partial charge is 0.223 e. The number of thiazole rings is 1. The van der Waals surface area contributed by atoms with E-state index in [1.807, 2.05) is 17.3 Å². The van der Waals surface area contributed by atoms with Gasteiger partial charge < -0.3 is 10.6 Å². The maximum atomic E-state index is 5.80. The second-order valence-corrected chi connectivity index (χ2v) is 4.35. The number of hydrogen-bond donors (Lipinski definition) is 1. The number of nitrogens with zero attached hydrogens (tertiary/aromatic N) is 4. The quantitative estimate of drug-likeness (QED) is 0.847. The molecule has 5 nitrogen and oxygen atoms in total. The molecule has 0 saturated heterocycles. The van der Waals surface area contributed by atoms with Crippen LogP contribution in [0.3, 0.4) is 0 Å². The minimum Gasteiger partial charge on any atom is -0.368 e. The minimum absolute atomic E-state index is 0.174. The Morgan fingerprint density at radius 3 is 2.94 bits per heavy atom. The van der Waals surface area contributed by atoms with E-state index in [0.29, 0.717) is 17.5 Å². The molecule has 0 radical (unpaired) electrons. The first-order valence-electron chi connectivity index (χ1n) is 4.53. The Kier molecular flexibility index (Phi) is 3.21. The fourth-order valence-electron chi connectivity index (χ4n) is 1.26. The first-order valence-corrected chi connectivity index (χ1v) is 5.85. The molecule has 2 rings (SSSR count). The van der Waals surface area contributed by atoms with Gasteiger partial charge in [0.15, 0.2) is 0 Å². The van der Waals surface area contributed by atoms with Gasteiger partial charge in [0.25, 0.3) is 0 Å². The average molecular weight is 256 g/mol. The molecule has 0 amide bonds. The van der Waals surface area contributed by atoms with Crippen molar-refractivity contribution in [1.82, 2.24) is 15.0 Å². The predicted molar refractivity (Wildman–Crippen MR) is 65.7 cm³/mol. The van der Waals surface area contributed by atoms with Crippen LogP contribution < -0.4 is 10.6 Å². The molecule has 0 fully saturated rings. The number of halogens is 1. The summed E-state index contributed by atoms with van der Waals surface area (Å²) in [5.41, 5.74) is 8.31. The van der Waals surface area contributed by atoms with Gasteiger partial charge in [-0.3, -0.25) is 0 Å². The lowest BCUT2D eigenvalue weighted by Crippen LogP contribution is -2.18. The monoisotopic (exact) mass is 255 g/mol. The van der Waals surface area contributed by atoms with Gasteiger partial charge in [0.1, 0.15) is 11.0 Å². The fraction of sp³-hybridized carbons (Fsp3) is 0.222. The van der Waals surface area contributed by atoms with Gasteiger partial charge in [-0.15, -0.1) is 11.3 Å². The molecule has 84 valence electrons. The van der Waals surface area contributed by atoms with Gasteiger partial charge in [-0.25, -0.2) is 9.97 Å². The second kappa shape index (κ2) is 4.63. The third kappa shape index (κ3) is 2.59. The molecule has 0 atom stereocenters. The van der Waals surface area contributed by atoms with Crippen LogP contribution in [0.15, 0.2) is 17.0 Å². The Morgan fingerprint density at radius 1 is 1.50 bits per heavy atom. The Morgan fingerprint density at radius 2 is 2.31 bits per heavy atom. The first-order chi connectivity index (χ1) is 7.65. The summed E-state index contributed by atoms with van der Waals surface area (Å²) in [6.45, 7) is 0.663. The molecule has 2 aromatic rings. The molecule has 0 aliphatic rings. The molecule has 2 aromatic heterocycles. The summed E-state index contributed by atoms with van der Waals surface area (Å²) >= 11 is 7.37. The number of rotatable bonds is 3. The van der Waals surface area contributed by atoms with Crippen molar-refractivity contribution in [2.75, 3.05) is 17.7 Å². The van der Waals surface area contributed by atoms with Gasteiger partial charge in [0, 0.05) is 18.5 Å². The number of nitrogen functional groups attached to an aromatic ring is 1. The van der Waals surface area contributed by atoms with Crippen molar-refractivity contribution >= 4 is 34.7 Å². The Hall–Kier alpha value is -1.40. The topological polar surface area (TPSA) is 67.9 Å². The summed E-state index contributed by atoms with van der Waals surface area (Å²) in [6.07, 6.45) is 0. The molecule has 0 unspecified atom stereocenters. The summed E-state index contributed by atoms with van der Waals surface area (Å²) < 4.78 is 0. The lowest BCUT2D eigenvalue weighted by atomic mass is 10.4. The van der Waals surface area contributed by atoms with Crippen LogP contribution in [0.1, 0.15) is 5.69 Å². The van der Waals surface area contributed by atoms with Crippen LogP contribution in [0.5, 0.6) is 0 Å². The zero-order valence-corrected chi connectivity index (χ0v) is 10.2. The Balaban J connectivity index is 2.17. The van der Waals surface area contributed by atoms with Crippen LogP contribution in [-0.2, 0) is 6.54 Å². The van der Waals surface area contributed by atoms with E-state index in [1.54, 1.807) is 22.9 Å². The zero-order chi connectivity index (χ0) is 11.5. The van der Waals surface area contributed by atoms with Crippen molar-refractivity contribution < 1.29 is 0 Å². The fourth-order valence-corrected chi connectivity index (χ4v) is 1.99. The molecule has 0 aliphatic heterocycles. The van der Waals surface area contributed by atoms with E-state index in [2.05, 4.69) is 15.0 Å². The van der Waals surface area contributed by atoms with E-state index in [1.165, 1.54) is 0 Å². The highest BCUT2D eigenvalue weighted by atomic mass is 35.5. The summed E-state index contributed by atoms with van der Waals surface area (Å²) in [5.74, 6) is 0.859. The third-order valence-electron chi connectivity index (χ3n) is 1.97. The van der Waals surface area contributed by atoms with Crippen molar-refractivity contribution in [2.45, 2.75) is 6.54 Å². The van der Waals surface area contributed by atoms with Crippen molar-refractivity contribution in [3.8, 4) is 0 Å². The molecule has 7 heteroatoms. The molecule has 2 N–H and O–H groups in total. The number of nitrogens with two attached hydrogens (primary N) is 1. The summed E-state index contributed by atoms with van der Waals surface area (Å²) in [4.78, 5) is 14.0. The molecular weight excluding hydrogens is 246 g/mol. The normalized spacial score (nSPS) is 10.4. The van der Waals surface area contributed by atoms with Crippen molar-refractivity contribution in [2.24, 2.45) is 0 Å². The maximum Gasteiger partial charge on any atom is 0.223 e. The first kappa shape index (κ1) is 11.1. The van der Waals surface area contributed by atoms with E-state index < -0.39 is 0 Å². The number of hydrogen-bond acceptors (Lipinski definition) is 6. The summed E-state index contributed by atoms with van der Waals surface area (Å²) in [7, 11) is 1.90. The Bertz CT molecular complexity index is 453. The maximum absolute atomic E-state index is 5.80. The van der Waals surface area contributed by atoms with Crippen molar-refractivity contribution in [3.05, 3.63) is 27.8 Å². The molecular formula is C9H10ClN5S.